The van der Waals surface area contributed by atoms with E-state index in [2.05, 4.69) is 10.3 Å². The average Bonchev–Trinajstić information content (AvgIpc) is 2.38. The second kappa shape index (κ2) is 7.00. The van der Waals surface area contributed by atoms with Crippen molar-refractivity contribution < 1.29 is 13.9 Å². The van der Waals surface area contributed by atoms with Crippen LogP contribution in [-0.4, -0.2) is 29.6 Å². The molecule has 0 saturated carbocycles. The largest absolute Gasteiger partial charge is 0.487 e. The van der Waals surface area contributed by atoms with Gasteiger partial charge in [-0.2, -0.15) is 0 Å². The van der Waals surface area contributed by atoms with Crippen LogP contribution in [0.4, 0.5) is 4.39 Å². The smallest absolute Gasteiger partial charge is 0.270 e. The van der Waals surface area contributed by atoms with E-state index in [1.807, 2.05) is 20.8 Å². The molecule has 0 saturated heterocycles. The quantitative estimate of drug-likeness (QED) is 0.862. The van der Waals surface area contributed by atoms with Crippen molar-refractivity contribution in [2.75, 3.05) is 13.2 Å². The molecule has 0 spiro atoms. The molecule has 1 amide bonds. The molecule has 6 heteroatoms. The Hall–Kier alpha value is -1.95. The molecule has 3 N–H and O–H groups in total. The van der Waals surface area contributed by atoms with Gasteiger partial charge < -0.3 is 15.8 Å². The van der Waals surface area contributed by atoms with Crippen LogP contribution in [0.3, 0.4) is 0 Å². The maximum Gasteiger partial charge on any atom is 0.270 e. The Bertz CT molecular complexity index is 478. The normalized spacial score (nSPS) is 12.2. The number of nitrogens with one attached hydrogen (secondary N) is 1. The first-order valence-corrected chi connectivity index (χ1v) is 6.25. The predicted octanol–water partition coefficient (Wildman–Crippen LogP) is 1.80. The number of carbonyl (C=O) groups is 1. The third-order valence-corrected chi connectivity index (χ3v) is 2.30. The third kappa shape index (κ3) is 5.36. The van der Waals surface area contributed by atoms with Crippen LogP contribution in [0.5, 0.6) is 5.75 Å². The number of rotatable bonds is 5. The van der Waals surface area contributed by atoms with E-state index in [1.165, 1.54) is 6.20 Å². The first-order valence-electron chi connectivity index (χ1n) is 6.25. The van der Waals surface area contributed by atoms with Crippen LogP contribution in [0.25, 0.3) is 0 Å². The average molecular weight is 281 g/mol. The standard InChI is InChI=1S/C14H20FN3O2/c1-14(2,3)18-13(19)12-5-4-11(8-17-12)20-9-10(6-15)7-16/h4-6,8H,7,9,16H2,1-3H3,(H,18,19)/b10-6+. The summed E-state index contributed by atoms with van der Waals surface area (Å²) in [6.45, 7) is 5.82. The van der Waals surface area contributed by atoms with E-state index in [0.29, 0.717) is 23.3 Å². The van der Waals surface area contributed by atoms with Gasteiger partial charge in [-0.25, -0.2) is 9.37 Å². The lowest BCUT2D eigenvalue weighted by molar-refractivity contribution is 0.0914. The van der Waals surface area contributed by atoms with Gasteiger partial charge in [-0.1, -0.05) is 0 Å². The van der Waals surface area contributed by atoms with Crippen molar-refractivity contribution in [3.63, 3.8) is 0 Å². The van der Waals surface area contributed by atoms with E-state index in [4.69, 9.17) is 10.5 Å². The number of hydrogen-bond donors (Lipinski definition) is 2. The molecule has 110 valence electrons. The Labute approximate surface area is 118 Å². The summed E-state index contributed by atoms with van der Waals surface area (Å²) in [5, 5.41) is 2.81. The fourth-order valence-corrected chi connectivity index (χ4v) is 1.32. The fraction of sp³-hybridized carbons (Fsp3) is 0.429. The first-order chi connectivity index (χ1) is 9.35. The molecule has 1 rings (SSSR count). The minimum atomic E-state index is -0.324. The summed E-state index contributed by atoms with van der Waals surface area (Å²) in [4.78, 5) is 15.9. The highest BCUT2D eigenvalue weighted by atomic mass is 19.1. The molecule has 0 aromatic carbocycles. The molecule has 5 nitrogen and oxygen atoms in total. The molecule has 20 heavy (non-hydrogen) atoms. The van der Waals surface area contributed by atoms with Crippen LogP contribution in [0.1, 0.15) is 31.3 Å². The maximum atomic E-state index is 12.3. The zero-order valence-corrected chi connectivity index (χ0v) is 11.9. The molecule has 0 unspecified atom stereocenters. The highest BCUT2D eigenvalue weighted by molar-refractivity contribution is 5.92. The SMILES string of the molecule is CC(C)(C)NC(=O)c1ccc(OC/C(=C/F)CN)cn1. The van der Waals surface area contributed by atoms with Crippen molar-refractivity contribution in [3.8, 4) is 5.75 Å². The van der Waals surface area contributed by atoms with Gasteiger partial charge in [0.15, 0.2) is 0 Å². The lowest BCUT2D eigenvalue weighted by atomic mass is 10.1. The third-order valence-electron chi connectivity index (χ3n) is 2.30. The van der Waals surface area contributed by atoms with Gasteiger partial charge in [0.2, 0.25) is 0 Å². The molecule has 1 heterocycles. The van der Waals surface area contributed by atoms with E-state index in [9.17, 15) is 9.18 Å². The minimum Gasteiger partial charge on any atom is -0.487 e. The summed E-state index contributed by atoms with van der Waals surface area (Å²) in [5.41, 5.74) is 5.63. The predicted molar refractivity (Wildman–Crippen MR) is 75.2 cm³/mol. The van der Waals surface area contributed by atoms with Gasteiger partial charge in [-0.15, -0.1) is 0 Å². The highest BCUT2D eigenvalue weighted by Gasteiger charge is 2.16. The molecule has 0 atom stereocenters. The van der Waals surface area contributed by atoms with Gasteiger partial charge in [0.05, 0.1) is 12.5 Å². The number of nitrogens with two attached hydrogens (primary N) is 1. The molecular weight excluding hydrogens is 261 g/mol. The van der Waals surface area contributed by atoms with Crippen LogP contribution in [-0.2, 0) is 0 Å². The molecule has 0 bridgehead atoms. The number of pyridine rings is 1. The fourth-order valence-electron chi connectivity index (χ4n) is 1.32. The minimum absolute atomic E-state index is 0.0578. The topological polar surface area (TPSA) is 77.2 Å². The van der Waals surface area contributed by atoms with Crippen LogP contribution in [0.15, 0.2) is 30.2 Å². The van der Waals surface area contributed by atoms with E-state index in [0.717, 1.165) is 0 Å². The lowest BCUT2D eigenvalue weighted by Gasteiger charge is -2.20. The molecule has 0 aliphatic carbocycles. The van der Waals surface area contributed by atoms with Crippen molar-refractivity contribution in [2.45, 2.75) is 26.3 Å². The van der Waals surface area contributed by atoms with Crippen molar-refractivity contribution >= 4 is 5.91 Å². The van der Waals surface area contributed by atoms with E-state index >= 15 is 0 Å². The molecule has 1 aromatic rings. The molecule has 0 radical (unpaired) electrons. The Morgan fingerprint density at radius 2 is 2.20 bits per heavy atom. The Balaban J connectivity index is 2.63. The van der Waals surface area contributed by atoms with Crippen molar-refractivity contribution in [1.29, 1.82) is 0 Å². The summed E-state index contributed by atoms with van der Waals surface area (Å²) >= 11 is 0. The number of carbonyl (C=O) groups excluding carboxylic acids is 1. The van der Waals surface area contributed by atoms with E-state index < -0.39 is 0 Å². The number of aromatic nitrogens is 1. The summed E-state index contributed by atoms with van der Waals surface area (Å²) < 4.78 is 17.6. The monoisotopic (exact) mass is 281 g/mol. The zero-order chi connectivity index (χ0) is 15.2. The van der Waals surface area contributed by atoms with Crippen LogP contribution in [0.2, 0.25) is 0 Å². The van der Waals surface area contributed by atoms with E-state index in [-0.39, 0.29) is 24.6 Å². The second-order valence-corrected chi connectivity index (χ2v) is 5.34. The van der Waals surface area contributed by atoms with Crippen molar-refractivity contribution in [3.05, 3.63) is 35.9 Å². The molecular formula is C14H20FN3O2. The first kappa shape index (κ1) is 16.1. The summed E-state index contributed by atoms with van der Waals surface area (Å²) in [6.07, 6.45) is 1.85. The summed E-state index contributed by atoms with van der Waals surface area (Å²) in [5.74, 6) is 0.195. The number of halogens is 1. The molecule has 0 aliphatic heterocycles. The van der Waals surface area contributed by atoms with Gasteiger partial charge in [0.1, 0.15) is 18.1 Å². The molecule has 1 aromatic heterocycles. The zero-order valence-electron chi connectivity index (χ0n) is 11.9. The van der Waals surface area contributed by atoms with Crippen molar-refractivity contribution in [1.82, 2.24) is 10.3 Å². The van der Waals surface area contributed by atoms with Gasteiger partial charge in [-0.3, -0.25) is 4.79 Å². The summed E-state index contributed by atoms with van der Waals surface area (Å²) in [6, 6.07) is 3.16. The highest BCUT2D eigenvalue weighted by Crippen LogP contribution is 2.11. The van der Waals surface area contributed by atoms with Gasteiger partial charge >= 0.3 is 0 Å². The number of nitrogens with zero attached hydrogens (tertiary/aromatic N) is 1. The number of ether oxygens (including phenoxy) is 1. The van der Waals surface area contributed by atoms with Gasteiger partial charge in [0, 0.05) is 17.7 Å². The number of hydrogen-bond acceptors (Lipinski definition) is 4. The van der Waals surface area contributed by atoms with Crippen molar-refractivity contribution in [2.24, 2.45) is 5.73 Å². The lowest BCUT2D eigenvalue weighted by Crippen LogP contribution is -2.40. The number of amides is 1. The van der Waals surface area contributed by atoms with Gasteiger partial charge in [0.25, 0.3) is 5.91 Å². The Kier molecular flexibility index (Phi) is 5.64. The van der Waals surface area contributed by atoms with Crippen LogP contribution < -0.4 is 15.8 Å². The van der Waals surface area contributed by atoms with Gasteiger partial charge in [-0.05, 0) is 32.9 Å². The van der Waals surface area contributed by atoms with Crippen LogP contribution in [0, 0.1) is 0 Å². The maximum absolute atomic E-state index is 12.3. The second-order valence-electron chi connectivity index (χ2n) is 5.34. The van der Waals surface area contributed by atoms with Crippen LogP contribution >= 0.6 is 0 Å². The Morgan fingerprint density at radius 3 is 2.65 bits per heavy atom. The molecule has 0 aliphatic rings. The van der Waals surface area contributed by atoms with E-state index in [1.54, 1.807) is 12.1 Å². The summed E-state index contributed by atoms with van der Waals surface area (Å²) in [7, 11) is 0. The molecule has 0 fully saturated rings. The Morgan fingerprint density at radius 1 is 1.50 bits per heavy atom.